The van der Waals surface area contributed by atoms with E-state index in [0.29, 0.717) is 17.9 Å². The molecule has 6 nitrogen and oxygen atoms in total. The van der Waals surface area contributed by atoms with Gasteiger partial charge in [0, 0.05) is 18.0 Å². The molecule has 0 unspecified atom stereocenters. The molecule has 7 heteroatoms. The first-order valence-corrected chi connectivity index (χ1v) is 8.06. The maximum atomic E-state index is 6.08. The van der Waals surface area contributed by atoms with E-state index in [1.54, 1.807) is 10.7 Å². The van der Waals surface area contributed by atoms with Gasteiger partial charge in [0.1, 0.15) is 10.7 Å². The third-order valence-electron chi connectivity index (χ3n) is 3.61. The van der Waals surface area contributed by atoms with Crippen LogP contribution >= 0.6 is 11.3 Å². The minimum absolute atomic E-state index is 0.368. The Kier molecular flexibility index (Phi) is 3.27. The maximum Gasteiger partial charge on any atom is 0.198 e. The zero-order valence-corrected chi connectivity index (χ0v) is 13.3. The highest BCUT2D eigenvalue weighted by Crippen LogP contribution is 2.26. The molecule has 0 aliphatic carbocycles. The standard InChI is InChI=1S/C16H14N6S/c1-10-13(16-18-7-8-23-16)20-14(17)15-19-12(21-22(10)15)9-11-5-3-2-4-6-11/h2-8H,9H2,1H3,(H2,17,20). The van der Waals surface area contributed by atoms with Crippen molar-refractivity contribution in [3.63, 3.8) is 0 Å². The molecule has 4 rings (SSSR count). The van der Waals surface area contributed by atoms with Gasteiger partial charge in [-0.2, -0.15) is 5.10 Å². The number of nitrogens with two attached hydrogens (primary N) is 1. The molecule has 0 atom stereocenters. The van der Waals surface area contributed by atoms with Gasteiger partial charge in [0.05, 0.1) is 5.69 Å². The third-order valence-corrected chi connectivity index (χ3v) is 4.39. The molecule has 1 aromatic carbocycles. The molecule has 0 saturated heterocycles. The van der Waals surface area contributed by atoms with E-state index >= 15 is 0 Å². The van der Waals surface area contributed by atoms with Gasteiger partial charge in [0.15, 0.2) is 17.3 Å². The number of nitrogen functional groups attached to an aromatic ring is 1. The van der Waals surface area contributed by atoms with E-state index in [2.05, 4.69) is 32.2 Å². The molecular weight excluding hydrogens is 308 g/mol. The number of rotatable bonds is 3. The van der Waals surface area contributed by atoms with Gasteiger partial charge in [-0.15, -0.1) is 11.3 Å². The summed E-state index contributed by atoms with van der Waals surface area (Å²) in [5.41, 5.74) is 9.47. The second kappa shape index (κ2) is 5.44. The van der Waals surface area contributed by atoms with Gasteiger partial charge in [-0.1, -0.05) is 30.3 Å². The normalized spacial score (nSPS) is 11.2. The average Bonchev–Trinajstić information content (AvgIpc) is 3.21. The number of benzene rings is 1. The van der Waals surface area contributed by atoms with Crippen LogP contribution in [0.25, 0.3) is 16.3 Å². The lowest BCUT2D eigenvalue weighted by molar-refractivity contribution is 0.865. The predicted molar refractivity (Wildman–Crippen MR) is 90.3 cm³/mol. The van der Waals surface area contributed by atoms with Crippen molar-refractivity contribution in [1.29, 1.82) is 0 Å². The molecule has 114 valence electrons. The van der Waals surface area contributed by atoms with E-state index in [0.717, 1.165) is 27.8 Å². The van der Waals surface area contributed by atoms with Crippen molar-refractivity contribution in [3.05, 3.63) is 59.0 Å². The van der Waals surface area contributed by atoms with Crippen LogP contribution in [0.4, 0.5) is 5.82 Å². The molecule has 0 saturated carbocycles. The Morgan fingerprint density at radius 2 is 2.00 bits per heavy atom. The van der Waals surface area contributed by atoms with Crippen molar-refractivity contribution in [3.8, 4) is 10.7 Å². The van der Waals surface area contributed by atoms with Gasteiger partial charge in [0.2, 0.25) is 0 Å². The molecule has 0 spiro atoms. The minimum atomic E-state index is 0.368. The average molecular weight is 322 g/mol. The van der Waals surface area contributed by atoms with Crippen LogP contribution in [-0.2, 0) is 6.42 Å². The van der Waals surface area contributed by atoms with E-state index in [1.807, 2.05) is 30.5 Å². The number of thiazole rings is 1. The smallest absolute Gasteiger partial charge is 0.198 e. The van der Waals surface area contributed by atoms with Gasteiger partial charge in [-0.05, 0) is 12.5 Å². The zero-order valence-electron chi connectivity index (χ0n) is 12.5. The van der Waals surface area contributed by atoms with Gasteiger partial charge in [-0.25, -0.2) is 19.5 Å². The molecule has 0 amide bonds. The Morgan fingerprint density at radius 3 is 2.74 bits per heavy atom. The lowest BCUT2D eigenvalue weighted by Crippen LogP contribution is -2.04. The summed E-state index contributed by atoms with van der Waals surface area (Å²) >= 11 is 1.53. The summed E-state index contributed by atoms with van der Waals surface area (Å²) in [6.07, 6.45) is 2.41. The number of fused-ring (bicyclic) bond motifs is 1. The van der Waals surface area contributed by atoms with Crippen molar-refractivity contribution >= 4 is 22.8 Å². The van der Waals surface area contributed by atoms with E-state index in [9.17, 15) is 0 Å². The van der Waals surface area contributed by atoms with Gasteiger partial charge in [0.25, 0.3) is 0 Å². The first-order chi connectivity index (χ1) is 11.2. The van der Waals surface area contributed by atoms with E-state index < -0.39 is 0 Å². The summed E-state index contributed by atoms with van der Waals surface area (Å²) in [6.45, 7) is 1.96. The van der Waals surface area contributed by atoms with E-state index in [1.165, 1.54) is 11.3 Å². The molecule has 0 aliphatic heterocycles. The molecular formula is C16H14N6S. The third kappa shape index (κ3) is 2.44. The SMILES string of the molecule is Cc1c(-c2nccs2)nc(N)c2nc(Cc3ccccc3)nn12. The molecule has 2 N–H and O–H groups in total. The molecule has 4 aromatic rings. The molecule has 0 radical (unpaired) electrons. The van der Waals surface area contributed by atoms with Gasteiger partial charge < -0.3 is 5.73 Å². The lowest BCUT2D eigenvalue weighted by atomic mass is 10.1. The number of aryl methyl sites for hydroxylation is 1. The second-order valence-corrected chi connectivity index (χ2v) is 6.09. The van der Waals surface area contributed by atoms with Crippen molar-refractivity contribution in [2.24, 2.45) is 0 Å². The number of nitrogens with zero attached hydrogens (tertiary/aromatic N) is 5. The summed E-state index contributed by atoms with van der Waals surface area (Å²) in [6, 6.07) is 10.1. The molecule has 0 fully saturated rings. The Bertz CT molecular complexity index is 959. The predicted octanol–water partition coefficient (Wildman–Crippen LogP) is 2.73. The zero-order chi connectivity index (χ0) is 15.8. The lowest BCUT2D eigenvalue weighted by Gasteiger charge is -2.05. The molecule has 3 heterocycles. The largest absolute Gasteiger partial charge is 0.381 e. The molecule has 0 aliphatic rings. The Hall–Kier alpha value is -2.80. The second-order valence-electron chi connectivity index (χ2n) is 5.19. The summed E-state index contributed by atoms with van der Waals surface area (Å²) in [4.78, 5) is 13.3. The fourth-order valence-corrected chi connectivity index (χ4v) is 3.18. The van der Waals surface area contributed by atoms with Crippen molar-refractivity contribution < 1.29 is 0 Å². The molecule has 0 bridgehead atoms. The van der Waals surface area contributed by atoms with Crippen LogP contribution < -0.4 is 5.73 Å². The van der Waals surface area contributed by atoms with Crippen LogP contribution in [0.3, 0.4) is 0 Å². The van der Waals surface area contributed by atoms with Crippen LogP contribution in [0.1, 0.15) is 17.1 Å². The highest BCUT2D eigenvalue weighted by Gasteiger charge is 2.16. The Morgan fingerprint density at radius 1 is 1.17 bits per heavy atom. The van der Waals surface area contributed by atoms with Crippen LogP contribution in [0, 0.1) is 6.92 Å². The minimum Gasteiger partial charge on any atom is -0.381 e. The van der Waals surface area contributed by atoms with Crippen molar-refractivity contribution in [1.82, 2.24) is 24.6 Å². The van der Waals surface area contributed by atoms with Gasteiger partial charge in [-0.3, -0.25) is 0 Å². The first-order valence-electron chi connectivity index (χ1n) is 7.18. The Balaban J connectivity index is 1.82. The summed E-state index contributed by atoms with van der Waals surface area (Å²) < 4.78 is 1.76. The van der Waals surface area contributed by atoms with E-state index in [-0.39, 0.29) is 0 Å². The van der Waals surface area contributed by atoms with Crippen LogP contribution in [-0.4, -0.2) is 24.6 Å². The highest BCUT2D eigenvalue weighted by atomic mass is 32.1. The fourth-order valence-electron chi connectivity index (χ4n) is 2.50. The van der Waals surface area contributed by atoms with Crippen LogP contribution in [0.5, 0.6) is 0 Å². The summed E-state index contributed by atoms with van der Waals surface area (Å²) in [5, 5.41) is 7.35. The van der Waals surface area contributed by atoms with Crippen molar-refractivity contribution in [2.45, 2.75) is 13.3 Å². The summed E-state index contributed by atoms with van der Waals surface area (Å²) in [5.74, 6) is 1.09. The molecule has 3 aromatic heterocycles. The van der Waals surface area contributed by atoms with Crippen LogP contribution in [0.15, 0.2) is 41.9 Å². The maximum absolute atomic E-state index is 6.08. The van der Waals surface area contributed by atoms with Crippen LogP contribution in [0.2, 0.25) is 0 Å². The topological polar surface area (TPSA) is 82.0 Å². The number of hydrogen-bond donors (Lipinski definition) is 1. The number of aromatic nitrogens is 5. The van der Waals surface area contributed by atoms with Gasteiger partial charge >= 0.3 is 0 Å². The molecule has 23 heavy (non-hydrogen) atoms. The first kappa shape index (κ1) is 13.8. The Labute approximate surface area is 136 Å². The highest BCUT2D eigenvalue weighted by molar-refractivity contribution is 7.13. The number of hydrogen-bond acceptors (Lipinski definition) is 6. The monoisotopic (exact) mass is 322 g/mol. The van der Waals surface area contributed by atoms with E-state index in [4.69, 9.17) is 5.73 Å². The fraction of sp³-hybridized carbons (Fsp3) is 0.125. The number of anilines is 1. The summed E-state index contributed by atoms with van der Waals surface area (Å²) in [7, 11) is 0. The van der Waals surface area contributed by atoms with Crippen molar-refractivity contribution in [2.75, 3.05) is 5.73 Å². The quantitative estimate of drug-likeness (QED) is 0.627.